The number of nitrogens with zero attached hydrogens (tertiary/aromatic N) is 1. The van der Waals surface area contributed by atoms with E-state index in [9.17, 15) is 20.1 Å². The van der Waals surface area contributed by atoms with Gasteiger partial charge in [-0.15, -0.1) is 23.4 Å². The molecule has 2 aliphatic heterocycles. The molecule has 0 radical (unpaired) electrons. The second-order valence-electron chi connectivity index (χ2n) is 7.73. The summed E-state index contributed by atoms with van der Waals surface area (Å²) in [5, 5.41) is 33.0. The molecule has 2 aliphatic rings. The molecule has 7 nitrogen and oxygen atoms in total. The van der Waals surface area contributed by atoms with Crippen molar-refractivity contribution in [2.24, 2.45) is 5.92 Å². The van der Waals surface area contributed by atoms with Crippen LogP contribution in [0.2, 0.25) is 0 Å². The Morgan fingerprint density at radius 2 is 2.00 bits per heavy atom. The van der Waals surface area contributed by atoms with Crippen molar-refractivity contribution in [1.82, 2.24) is 10.2 Å². The number of halogens is 1. The minimum atomic E-state index is -1.36. The number of thioether (sulfide) groups is 1. The predicted molar refractivity (Wildman–Crippen MR) is 107 cm³/mol. The molecule has 2 saturated heterocycles. The molecular formula is C18H33ClN2O5S. The summed E-state index contributed by atoms with van der Waals surface area (Å²) in [5.74, 6) is 0.350. The van der Waals surface area contributed by atoms with Crippen LogP contribution in [0.4, 0.5) is 0 Å². The van der Waals surface area contributed by atoms with Gasteiger partial charge in [-0.2, -0.15) is 0 Å². The maximum Gasteiger partial charge on any atom is 0.237 e. The van der Waals surface area contributed by atoms with Crippen LogP contribution in [-0.4, -0.2) is 93.3 Å². The van der Waals surface area contributed by atoms with Crippen molar-refractivity contribution >= 4 is 29.3 Å². The topological polar surface area (TPSA) is 102 Å². The molecule has 1 amide bonds. The van der Waals surface area contributed by atoms with E-state index in [0.29, 0.717) is 5.92 Å². The second-order valence-corrected chi connectivity index (χ2v) is 9.36. The molecule has 4 N–H and O–H groups in total. The number of alkyl halides is 1. The fourth-order valence-electron chi connectivity index (χ4n) is 4.11. The molecular weight excluding hydrogens is 392 g/mol. The van der Waals surface area contributed by atoms with Gasteiger partial charge in [0.25, 0.3) is 0 Å². The summed E-state index contributed by atoms with van der Waals surface area (Å²) in [6.45, 7) is 4.74. The Labute approximate surface area is 170 Å². The van der Waals surface area contributed by atoms with Gasteiger partial charge in [0.1, 0.15) is 29.9 Å². The lowest BCUT2D eigenvalue weighted by Gasteiger charge is -2.44. The average Bonchev–Trinajstić information content (AvgIpc) is 2.99. The van der Waals surface area contributed by atoms with E-state index in [2.05, 4.69) is 12.2 Å². The van der Waals surface area contributed by atoms with Crippen molar-refractivity contribution in [3.63, 3.8) is 0 Å². The largest absolute Gasteiger partial charge is 0.388 e. The maximum absolute atomic E-state index is 12.9. The molecule has 0 spiro atoms. The highest BCUT2D eigenvalue weighted by Gasteiger charge is 2.48. The first-order valence-electron chi connectivity index (χ1n) is 9.58. The summed E-state index contributed by atoms with van der Waals surface area (Å²) in [5.41, 5.74) is -0.702. The van der Waals surface area contributed by atoms with Crippen molar-refractivity contribution in [2.75, 3.05) is 19.8 Å². The lowest BCUT2D eigenvalue weighted by molar-refractivity contribution is -0.205. The van der Waals surface area contributed by atoms with E-state index in [-0.39, 0.29) is 11.9 Å². The number of hydrogen-bond donors (Lipinski definition) is 4. The number of carbonyl (C=O) groups is 1. The van der Waals surface area contributed by atoms with Crippen LogP contribution < -0.4 is 5.32 Å². The molecule has 9 atom stereocenters. The number of aliphatic hydroxyl groups is 3. The molecule has 0 aliphatic carbocycles. The monoisotopic (exact) mass is 424 g/mol. The van der Waals surface area contributed by atoms with Crippen LogP contribution in [0, 0.1) is 5.92 Å². The molecule has 0 aromatic heterocycles. The van der Waals surface area contributed by atoms with Crippen LogP contribution in [0.25, 0.3) is 0 Å². The molecule has 0 aromatic rings. The van der Waals surface area contributed by atoms with Crippen molar-refractivity contribution in [3.05, 3.63) is 0 Å². The van der Waals surface area contributed by atoms with Gasteiger partial charge < -0.3 is 25.4 Å². The van der Waals surface area contributed by atoms with Crippen LogP contribution in [0.15, 0.2) is 0 Å². The zero-order chi connectivity index (χ0) is 20.3. The van der Waals surface area contributed by atoms with Gasteiger partial charge in [-0.3, -0.25) is 9.69 Å². The number of rotatable bonds is 7. The number of ether oxygens (including phenoxy) is 1. The Kier molecular flexibility index (Phi) is 8.67. The van der Waals surface area contributed by atoms with Gasteiger partial charge in [-0.1, -0.05) is 13.3 Å². The first-order valence-corrected chi connectivity index (χ1v) is 11.3. The van der Waals surface area contributed by atoms with E-state index in [0.717, 1.165) is 25.8 Å². The van der Waals surface area contributed by atoms with Crippen LogP contribution in [0.5, 0.6) is 0 Å². The fraction of sp³-hybridized carbons (Fsp3) is 0.944. The minimum Gasteiger partial charge on any atom is -0.388 e. The smallest absolute Gasteiger partial charge is 0.237 e. The number of carbonyl (C=O) groups excluding carboxylic acids is 1. The number of aliphatic hydroxyl groups excluding tert-OH is 3. The summed E-state index contributed by atoms with van der Waals surface area (Å²) in [7, 11) is 1.94. The quantitative estimate of drug-likeness (QED) is 0.438. The molecule has 0 bridgehead atoms. The van der Waals surface area contributed by atoms with Crippen LogP contribution in [0.1, 0.15) is 33.1 Å². The number of likely N-dealkylation sites (N-methyl/N-ethyl adjacent to an activating group) is 1. The highest BCUT2D eigenvalue weighted by Crippen LogP contribution is 2.31. The van der Waals surface area contributed by atoms with Crippen LogP contribution >= 0.6 is 23.4 Å². The van der Waals surface area contributed by atoms with Gasteiger partial charge in [0, 0.05) is 6.54 Å². The molecule has 0 unspecified atom stereocenters. The van der Waals surface area contributed by atoms with Crippen LogP contribution in [0.3, 0.4) is 0 Å². The highest BCUT2D eigenvalue weighted by atomic mass is 35.5. The summed E-state index contributed by atoms with van der Waals surface area (Å²) in [6, 6.07) is -0.934. The third-order valence-corrected chi connectivity index (χ3v) is 6.76. The Hall–Kier alpha value is -0.0900. The van der Waals surface area contributed by atoms with Crippen molar-refractivity contribution in [1.29, 1.82) is 0 Å². The van der Waals surface area contributed by atoms with Crippen LogP contribution in [-0.2, 0) is 9.53 Å². The summed E-state index contributed by atoms with van der Waals surface area (Å²) in [4.78, 5) is 14.9. The number of hydrogen-bond acceptors (Lipinski definition) is 7. The SMILES string of the molecule is CCC[C@@H]1C[C@@H](C(=O)N[C@@H]([C@H]2O[C@@H](SC)[C@H](O)[C@@H](O)[C@H]2O)[C@@H](C)Cl)N(C)C1. The van der Waals surface area contributed by atoms with E-state index in [4.69, 9.17) is 16.3 Å². The van der Waals surface area contributed by atoms with Gasteiger partial charge in [0.2, 0.25) is 5.91 Å². The first kappa shape index (κ1) is 23.2. The minimum absolute atomic E-state index is 0.147. The number of nitrogens with one attached hydrogen (secondary N) is 1. The summed E-state index contributed by atoms with van der Waals surface area (Å²) < 4.78 is 5.79. The number of likely N-dealkylation sites (tertiary alicyclic amines) is 1. The van der Waals surface area contributed by atoms with E-state index in [1.807, 2.05) is 11.9 Å². The van der Waals surface area contributed by atoms with E-state index >= 15 is 0 Å². The zero-order valence-electron chi connectivity index (χ0n) is 16.4. The molecule has 0 aromatic carbocycles. The van der Waals surface area contributed by atoms with Crippen molar-refractivity contribution in [2.45, 2.75) is 80.4 Å². The summed E-state index contributed by atoms with van der Waals surface area (Å²) in [6.07, 6.45) is -0.0980. The van der Waals surface area contributed by atoms with Gasteiger partial charge in [-0.05, 0) is 39.0 Å². The third kappa shape index (κ3) is 5.29. The second kappa shape index (κ2) is 10.1. The Morgan fingerprint density at radius 1 is 1.33 bits per heavy atom. The molecule has 2 fully saturated rings. The number of amides is 1. The van der Waals surface area contributed by atoms with Gasteiger partial charge in [0.15, 0.2) is 0 Å². The van der Waals surface area contributed by atoms with E-state index in [1.54, 1.807) is 13.2 Å². The molecule has 2 heterocycles. The molecule has 2 rings (SSSR count). The maximum atomic E-state index is 12.9. The Balaban J connectivity index is 2.09. The fourth-order valence-corrected chi connectivity index (χ4v) is 5.00. The molecule has 9 heteroatoms. The molecule has 158 valence electrons. The molecule has 27 heavy (non-hydrogen) atoms. The first-order chi connectivity index (χ1) is 12.7. The van der Waals surface area contributed by atoms with Gasteiger partial charge in [0.05, 0.1) is 17.5 Å². The van der Waals surface area contributed by atoms with E-state index < -0.39 is 41.3 Å². The zero-order valence-corrected chi connectivity index (χ0v) is 18.0. The van der Waals surface area contributed by atoms with E-state index in [1.165, 1.54) is 11.8 Å². The van der Waals surface area contributed by atoms with Gasteiger partial charge >= 0.3 is 0 Å². The Bertz CT molecular complexity index is 498. The standard InChI is InChI=1S/C18H33ClN2O5S/c1-5-6-10-7-11(21(3)8-10)17(25)20-12(9(2)19)16-14(23)13(22)15(24)18(26-16)27-4/h9-16,18,22-24H,5-8H2,1-4H3,(H,20,25)/t9-,10-,11+,12-,13+,14-,15-,16-,18+/m1/s1. The van der Waals surface area contributed by atoms with Gasteiger partial charge in [-0.25, -0.2) is 0 Å². The van der Waals surface area contributed by atoms with Crippen molar-refractivity contribution < 1.29 is 24.9 Å². The highest BCUT2D eigenvalue weighted by molar-refractivity contribution is 7.99. The lowest BCUT2D eigenvalue weighted by atomic mass is 9.92. The molecule has 0 saturated carbocycles. The predicted octanol–water partition coefficient (Wildman–Crippen LogP) is 0.390. The summed E-state index contributed by atoms with van der Waals surface area (Å²) >= 11 is 7.55. The average molecular weight is 425 g/mol. The normalized spacial score (nSPS) is 39.9. The van der Waals surface area contributed by atoms with Crippen molar-refractivity contribution in [3.8, 4) is 0 Å². The third-order valence-electron chi connectivity index (χ3n) is 5.63. The Morgan fingerprint density at radius 3 is 2.56 bits per heavy atom. The lowest BCUT2D eigenvalue weighted by Crippen LogP contribution is -2.65.